The Morgan fingerprint density at radius 2 is 2.00 bits per heavy atom. The summed E-state index contributed by atoms with van der Waals surface area (Å²) in [6.45, 7) is 8.68. The summed E-state index contributed by atoms with van der Waals surface area (Å²) in [5.41, 5.74) is 0.908. The van der Waals surface area contributed by atoms with Crippen LogP contribution in [0, 0.1) is 5.92 Å². The van der Waals surface area contributed by atoms with Gasteiger partial charge in [0.1, 0.15) is 0 Å². The highest BCUT2D eigenvalue weighted by Gasteiger charge is 2.27. The van der Waals surface area contributed by atoms with Gasteiger partial charge in [-0.15, -0.1) is 0 Å². The molecular formula is C18H28N2O3. The van der Waals surface area contributed by atoms with Crippen molar-refractivity contribution in [2.24, 2.45) is 5.92 Å². The highest BCUT2D eigenvalue weighted by atomic mass is 16.5. The van der Waals surface area contributed by atoms with Gasteiger partial charge >= 0.3 is 6.03 Å². The minimum absolute atomic E-state index is 0.0305. The highest BCUT2D eigenvalue weighted by Crippen LogP contribution is 2.33. The number of nitrogens with zero attached hydrogens (tertiary/aromatic N) is 1. The van der Waals surface area contributed by atoms with Crippen molar-refractivity contribution >= 4 is 6.03 Å². The van der Waals surface area contributed by atoms with Gasteiger partial charge in [0.2, 0.25) is 0 Å². The molecule has 5 nitrogen and oxygen atoms in total. The molecule has 0 saturated carbocycles. The lowest BCUT2D eigenvalue weighted by molar-refractivity contribution is 0.205. The molecule has 1 aromatic rings. The quantitative estimate of drug-likeness (QED) is 0.907. The van der Waals surface area contributed by atoms with Crippen molar-refractivity contribution in [3.8, 4) is 11.5 Å². The van der Waals surface area contributed by atoms with Crippen molar-refractivity contribution in [1.29, 1.82) is 0 Å². The number of rotatable bonds is 5. The smallest absolute Gasteiger partial charge is 0.317 e. The van der Waals surface area contributed by atoms with Crippen LogP contribution in [0.25, 0.3) is 0 Å². The maximum absolute atomic E-state index is 12.3. The second-order valence-electron chi connectivity index (χ2n) is 6.95. The van der Waals surface area contributed by atoms with Crippen LogP contribution in [0.15, 0.2) is 18.2 Å². The number of hydrogen-bond donors (Lipinski definition) is 1. The van der Waals surface area contributed by atoms with E-state index in [1.807, 2.05) is 23.1 Å². The van der Waals surface area contributed by atoms with Crippen LogP contribution in [0.3, 0.4) is 0 Å². The molecule has 0 aliphatic carbocycles. The van der Waals surface area contributed by atoms with E-state index in [0.717, 1.165) is 25.1 Å². The van der Waals surface area contributed by atoms with Gasteiger partial charge in [-0.05, 0) is 30.0 Å². The number of carbonyl (C=O) groups excluding carboxylic acids is 1. The number of methoxy groups -OCH3 is 2. The fourth-order valence-electron chi connectivity index (χ4n) is 2.89. The SMILES string of the molecule is COc1ccc(C(C)(C)CNC(=O)N2CCC(C)C2)cc1OC. The fourth-order valence-corrected chi connectivity index (χ4v) is 2.89. The molecule has 1 saturated heterocycles. The molecule has 0 bridgehead atoms. The maximum Gasteiger partial charge on any atom is 0.317 e. The van der Waals surface area contributed by atoms with E-state index in [-0.39, 0.29) is 11.4 Å². The third kappa shape index (κ3) is 4.09. The minimum Gasteiger partial charge on any atom is -0.493 e. The number of ether oxygens (including phenoxy) is 2. The molecule has 0 radical (unpaired) electrons. The largest absolute Gasteiger partial charge is 0.493 e. The van der Waals surface area contributed by atoms with Crippen molar-refractivity contribution < 1.29 is 14.3 Å². The van der Waals surface area contributed by atoms with Crippen LogP contribution >= 0.6 is 0 Å². The first-order chi connectivity index (χ1) is 10.9. The van der Waals surface area contributed by atoms with Gasteiger partial charge in [0.05, 0.1) is 14.2 Å². The lowest BCUT2D eigenvalue weighted by Crippen LogP contribution is -2.43. The Hall–Kier alpha value is -1.91. The van der Waals surface area contributed by atoms with Crippen molar-refractivity contribution in [1.82, 2.24) is 10.2 Å². The summed E-state index contributed by atoms with van der Waals surface area (Å²) < 4.78 is 10.6. The Morgan fingerprint density at radius 1 is 1.30 bits per heavy atom. The topological polar surface area (TPSA) is 50.8 Å². The standard InChI is InChI=1S/C18H28N2O3/c1-13-8-9-20(11-13)17(21)19-12-18(2,3)14-6-7-15(22-4)16(10-14)23-5/h6-7,10,13H,8-9,11-12H2,1-5H3,(H,19,21). The first kappa shape index (κ1) is 17.4. The van der Waals surface area contributed by atoms with E-state index < -0.39 is 0 Å². The van der Waals surface area contributed by atoms with E-state index in [9.17, 15) is 4.79 Å². The Balaban J connectivity index is 2.02. The summed E-state index contributed by atoms with van der Waals surface area (Å²) in [5.74, 6) is 2.01. The normalized spacial score (nSPS) is 18.0. The summed E-state index contributed by atoms with van der Waals surface area (Å²) in [5, 5.41) is 3.06. The predicted molar refractivity (Wildman–Crippen MR) is 91.3 cm³/mol. The number of hydrogen-bond acceptors (Lipinski definition) is 3. The zero-order valence-corrected chi connectivity index (χ0v) is 14.8. The number of nitrogens with one attached hydrogen (secondary N) is 1. The van der Waals surface area contributed by atoms with E-state index in [1.165, 1.54) is 0 Å². The van der Waals surface area contributed by atoms with Crippen LogP contribution in [0.4, 0.5) is 4.79 Å². The van der Waals surface area contributed by atoms with Crippen molar-refractivity contribution in [2.75, 3.05) is 33.9 Å². The lowest BCUT2D eigenvalue weighted by Gasteiger charge is -2.28. The molecule has 23 heavy (non-hydrogen) atoms. The van der Waals surface area contributed by atoms with Gasteiger partial charge in [0.25, 0.3) is 0 Å². The molecule has 1 N–H and O–H groups in total. The summed E-state index contributed by atoms with van der Waals surface area (Å²) in [7, 11) is 3.25. The van der Waals surface area contributed by atoms with Gasteiger partial charge in [-0.3, -0.25) is 0 Å². The van der Waals surface area contributed by atoms with Crippen molar-refractivity contribution in [3.63, 3.8) is 0 Å². The molecule has 1 aromatic carbocycles. The van der Waals surface area contributed by atoms with Crippen LogP contribution in [0.2, 0.25) is 0 Å². The van der Waals surface area contributed by atoms with E-state index in [4.69, 9.17) is 9.47 Å². The molecule has 0 aromatic heterocycles. The number of urea groups is 1. The maximum atomic E-state index is 12.3. The van der Waals surface area contributed by atoms with Crippen molar-refractivity contribution in [3.05, 3.63) is 23.8 Å². The predicted octanol–water partition coefficient (Wildman–Crippen LogP) is 3.03. The van der Waals surface area contributed by atoms with E-state index >= 15 is 0 Å². The summed E-state index contributed by atoms with van der Waals surface area (Å²) >= 11 is 0. The van der Waals surface area contributed by atoms with Gasteiger partial charge in [-0.25, -0.2) is 4.79 Å². The Kier molecular flexibility index (Phi) is 5.39. The van der Waals surface area contributed by atoms with Crippen molar-refractivity contribution in [2.45, 2.75) is 32.6 Å². The van der Waals surface area contributed by atoms with Crippen LogP contribution in [-0.2, 0) is 5.41 Å². The first-order valence-corrected chi connectivity index (χ1v) is 8.12. The molecule has 0 spiro atoms. The Morgan fingerprint density at radius 3 is 2.57 bits per heavy atom. The molecule has 2 rings (SSSR count). The van der Waals surface area contributed by atoms with Gasteiger partial charge in [-0.2, -0.15) is 0 Å². The second-order valence-corrected chi connectivity index (χ2v) is 6.95. The minimum atomic E-state index is -0.194. The average molecular weight is 320 g/mol. The van der Waals surface area contributed by atoms with E-state index in [2.05, 4.69) is 26.1 Å². The fraction of sp³-hybridized carbons (Fsp3) is 0.611. The molecule has 1 atom stereocenters. The molecule has 1 unspecified atom stereocenters. The van der Waals surface area contributed by atoms with Crippen LogP contribution in [0.1, 0.15) is 32.8 Å². The summed E-state index contributed by atoms with van der Waals surface area (Å²) in [4.78, 5) is 14.2. The monoisotopic (exact) mass is 320 g/mol. The van der Waals surface area contributed by atoms with Crippen LogP contribution in [-0.4, -0.2) is 44.8 Å². The van der Waals surface area contributed by atoms with Crippen LogP contribution in [0.5, 0.6) is 11.5 Å². The number of carbonyl (C=O) groups is 1. The number of benzene rings is 1. The molecular weight excluding hydrogens is 292 g/mol. The van der Waals surface area contributed by atoms with Gasteiger partial charge in [0.15, 0.2) is 11.5 Å². The zero-order valence-electron chi connectivity index (χ0n) is 14.8. The molecule has 1 heterocycles. The summed E-state index contributed by atoms with van der Waals surface area (Å²) in [6.07, 6.45) is 1.09. The third-order valence-electron chi connectivity index (χ3n) is 4.56. The van der Waals surface area contributed by atoms with Gasteiger partial charge in [0, 0.05) is 25.0 Å². The highest BCUT2D eigenvalue weighted by molar-refractivity contribution is 5.74. The Bertz CT molecular complexity index is 557. The molecule has 2 amide bonds. The number of likely N-dealkylation sites (tertiary alicyclic amines) is 1. The second kappa shape index (κ2) is 7.11. The van der Waals surface area contributed by atoms with Crippen LogP contribution < -0.4 is 14.8 Å². The molecule has 1 fully saturated rings. The molecule has 1 aliphatic rings. The molecule has 128 valence electrons. The number of amides is 2. The lowest BCUT2D eigenvalue weighted by atomic mass is 9.84. The van der Waals surface area contributed by atoms with E-state index in [0.29, 0.717) is 24.0 Å². The van der Waals surface area contributed by atoms with E-state index in [1.54, 1.807) is 14.2 Å². The Labute approximate surface area is 139 Å². The summed E-state index contributed by atoms with van der Waals surface area (Å²) in [6, 6.07) is 5.93. The van der Waals surface area contributed by atoms with Gasteiger partial charge in [-0.1, -0.05) is 26.8 Å². The third-order valence-corrected chi connectivity index (χ3v) is 4.56. The average Bonchev–Trinajstić information content (AvgIpc) is 2.98. The zero-order chi connectivity index (χ0) is 17.0. The van der Waals surface area contributed by atoms with Gasteiger partial charge < -0.3 is 19.7 Å². The first-order valence-electron chi connectivity index (χ1n) is 8.12. The molecule has 5 heteroatoms. The molecule has 1 aliphatic heterocycles.